The van der Waals surface area contributed by atoms with Gasteiger partial charge in [-0.25, -0.2) is 9.18 Å². The number of carbonyl (C=O) groups excluding carboxylic acids is 3. The molecule has 13 heteroatoms. The monoisotopic (exact) mass is 668 g/mol. The van der Waals surface area contributed by atoms with E-state index >= 15 is 4.39 Å². The first-order valence-electron chi connectivity index (χ1n) is 14.6. The van der Waals surface area contributed by atoms with Gasteiger partial charge in [-0.05, 0) is 61.1 Å². The first-order chi connectivity index (χ1) is 21.6. The fourth-order valence-electron chi connectivity index (χ4n) is 7.62. The van der Waals surface area contributed by atoms with E-state index < -0.39 is 57.6 Å². The number of methoxy groups -OCH3 is 1. The van der Waals surface area contributed by atoms with Crippen LogP contribution >= 0.6 is 23.2 Å². The smallest absolute Gasteiger partial charge is 0.338 e. The van der Waals surface area contributed by atoms with Crippen LogP contribution in [0.4, 0.5) is 21.5 Å². The van der Waals surface area contributed by atoms with Gasteiger partial charge < -0.3 is 15.0 Å². The summed E-state index contributed by atoms with van der Waals surface area (Å²) in [6.45, 7) is 0.617. The number of amides is 2. The number of halogens is 3. The van der Waals surface area contributed by atoms with Crippen molar-refractivity contribution >= 4 is 58.0 Å². The molecule has 10 nitrogen and oxygen atoms in total. The maximum absolute atomic E-state index is 16.1. The Hall–Kier alpha value is -4.06. The first kappa shape index (κ1) is 31.9. The lowest BCUT2D eigenvalue weighted by Crippen LogP contribution is -2.54. The average Bonchev–Trinajstić information content (AvgIpc) is 3.74. The highest BCUT2D eigenvalue weighted by Gasteiger charge is 2.70. The van der Waals surface area contributed by atoms with Crippen molar-refractivity contribution in [3.63, 3.8) is 0 Å². The molecule has 1 spiro atoms. The van der Waals surface area contributed by atoms with Gasteiger partial charge in [0.1, 0.15) is 17.0 Å². The highest BCUT2D eigenvalue weighted by molar-refractivity contribution is 6.31. The van der Waals surface area contributed by atoms with Crippen molar-refractivity contribution < 1.29 is 28.4 Å². The summed E-state index contributed by atoms with van der Waals surface area (Å²) in [6.07, 6.45) is 2.29. The number of nitrogens with zero attached hydrogens (tertiary/aromatic N) is 3. The Labute approximate surface area is 274 Å². The molecule has 46 heavy (non-hydrogen) atoms. The van der Waals surface area contributed by atoms with Gasteiger partial charge in [-0.1, -0.05) is 48.8 Å². The van der Waals surface area contributed by atoms with Gasteiger partial charge in [0.05, 0.1) is 28.5 Å². The number of hydrogen-bond acceptors (Lipinski definition) is 7. The van der Waals surface area contributed by atoms with Gasteiger partial charge in [0.15, 0.2) is 0 Å². The van der Waals surface area contributed by atoms with Crippen LogP contribution in [0.15, 0.2) is 54.6 Å². The van der Waals surface area contributed by atoms with Crippen LogP contribution in [0, 0.1) is 27.8 Å². The van der Waals surface area contributed by atoms with Crippen molar-refractivity contribution in [3.05, 3.63) is 97.3 Å². The minimum absolute atomic E-state index is 0. The molecule has 3 aliphatic heterocycles. The molecule has 4 atom stereocenters. The number of ether oxygens (including phenoxy) is 1. The Kier molecular flexibility index (Phi) is 8.07. The lowest BCUT2D eigenvalue weighted by Gasteiger charge is -2.40. The molecule has 2 amide bonds. The van der Waals surface area contributed by atoms with E-state index in [1.54, 1.807) is 30.3 Å². The summed E-state index contributed by atoms with van der Waals surface area (Å²) in [4.78, 5) is 56.3. The molecule has 240 valence electrons. The Morgan fingerprint density at radius 3 is 2.59 bits per heavy atom. The number of nitro benzene ring substituents is 1. The number of anilines is 2. The lowest BCUT2D eigenvalue weighted by molar-refractivity contribution is -0.384. The Morgan fingerprint density at radius 1 is 1.13 bits per heavy atom. The van der Waals surface area contributed by atoms with Crippen LogP contribution in [0.3, 0.4) is 0 Å². The molecular formula is C33H31Cl2FN4O6. The molecule has 3 aromatic rings. The minimum atomic E-state index is -1.48. The maximum Gasteiger partial charge on any atom is 0.338 e. The second-order valence-corrected chi connectivity index (χ2v) is 12.8. The van der Waals surface area contributed by atoms with Crippen LogP contribution in [0.5, 0.6) is 0 Å². The molecule has 2 saturated heterocycles. The zero-order valence-corrected chi connectivity index (χ0v) is 25.5. The third-order valence-corrected chi connectivity index (χ3v) is 10.1. The van der Waals surface area contributed by atoms with Crippen molar-refractivity contribution in [2.75, 3.05) is 30.4 Å². The third-order valence-electron chi connectivity index (χ3n) is 9.62. The molecule has 1 aliphatic carbocycles. The highest BCUT2D eigenvalue weighted by atomic mass is 35.5. The average molecular weight is 670 g/mol. The fourth-order valence-corrected chi connectivity index (χ4v) is 7.97. The van der Waals surface area contributed by atoms with E-state index in [1.807, 2.05) is 0 Å². The van der Waals surface area contributed by atoms with Gasteiger partial charge in [0.25, 0.3) is 5.69 Å². The Balaban J connectivity index is 0.00000372. The van der Waals surface area contributed by atoms with Crippen molar-refractivity contribution in [3.8, 4) is 0 Å². The second-order valence-electron chi connectivity index (χ2n) is 12.0. The SMILES string of the molecule is C.COC(=O)c1ccc(N2CC[C@H]3[C@@H](C2=O)[C@H](c2cccc(Cl)c2F)[C@]2(C(=O)Nc4cc(Cl)ccc42)N3CC2CC2)c([N+](=O)[O-])c1. The number of fused-ring (bicyclic) bond motifs is 3. The number of benzene rings is 3. The zero-order valence-electron chi connectivity index (χ0n) is 24.0. The molecule has 0 aromatic heterocycles. The molecule has 3 aromatic carbocycles. The van der Waals surface area contributed by atoms with Crippen molar-refractivity contribution in [2.24, 2.45) is 11.8 Å². The molecule has 3 heterocycles. The number of esters is 1. The van der Waals surface area contributed by atoms with Gasteiger partial charge in [-0.2, -0.15) is 0 Å². The predicted octanol–water partition coefficient (Wildman–Crippen LogP) is 6.54. The minimum Gasteiger partial charge on any atom is -0.465 e. The quantitative estimate of drug-likeness (QED) is 0.180. The standard InChI is InChI=1S/C32H27Cl2FN4O6.CH4/c1-45-30(41)17-7-10-23(25(13-17)39(43)44)37-12-11-24-26(29(37)40)27(19-3-2-4-21(34)28(19)35)32(38(24)15-16-5-6-16)20-9-8-18(33)14-22(20)36-31(32)42;/h2-4,7-10,13-14,16,24,26-27H,5-6,11-12,15H2,1H3,(H,36,42);1H4/t24-,26+,27-,32+;/m0./s1. The highest BCUT2D eigenvalue weighted by Crippen LogP contribution is 2.62. The van der Waals surface area contributed by atoms with Crippen LogP contribution in [-0.2, 0) is 19.9 Å². The number of nitrogens with one attached hydrogen (secondary N) is 1. The van der Waals surface area contributed by atoms with E-state index in [-0.39, 0.29) is 35.8 Å². The Morgan fingerprint density at radius 2 is 1.89 bits per heavy atom. The summed E-state index contributed by atoms with van der Waals surface area (Å²) >= 11 is 12.6. The fraction of sp³-hybridized carbons (Fsp3) is 0.364. The van der Waals surface area contributed by atoms with E-state index in [1.165, 1.54) is 30.2 Å². The molecule has 1 N–H and O–H groups in total. The molecule has 3 fully saturated rings. The third kappa shape index (κ3) is 4.66. The number of hydrogen-bond donors (Lipinski definition) is 1. The van der Waals surface area contributed by atoms with Crippen LogP contribution in [0.25, 0.3) is 0 Å². The molecule has 0 bridgehead atoms. The number of carbonyl (C=O) groups is 3. The van der Waals surface area contributed by atoms with Gasteiger partial charge in [0.2, 0.25) is 11.8 Å². The van der Waals surface area contributed by atoms with Gasteiger partial charge in [0, 0.05) is 47.4 Å². The molecule has 7 rings (SSSR count). The number of nitro groups is 1. The molecule has 0 unspecified atom stereocenters. The normalized spacial score (nSPS) is 25.1. The summed E-state index contributed by atoms with van der Waals surface area (Å²) in [7, 11) is 1.17. The van der Waals surface area contributed by atoms with Gasteiger partial charge in [-0.3, -0.25) is 24.6 Å². The largest absolute Gasteiger partial charge is 0.465 e. The van der Waals surface area contributed by atoms with E-state index in [9.17, 15) is 24.5 Å². The van der Waals surface area contributed by atoms with Crippen LogP contribution in [-0.4, -0.2) is 53.8 Å². The van der Waals surface area contributed by atoms with Crippen molar-refractivity contribution in [1.82, 2.24) is 4.90 Å². The van der Waals surface area contributed by atoms with Crippen molar-refractivity contribution in [1.29, 1.82) is 0 Å². The van der Waals surface area contributed by atoms with E-state index in [4.69, 9.17) is 27.9 Å². The van der Waals surface area contributed by atoms with Crippen LogP contribution in [0.2, 0.25) is 10.0 Å². The summed E-state index contributed by atoms with van der Waals surface area (Å²) < 4.78 is 20.9. The second kappa shape index (κ2) is 11.6. The van der Waals surface area contributed by atoms with Crippen LogP contribution in [0.1, 0.15) is 54.1 Å². The van der Waals surface area contributed by atoms with Crippen LogP contribution < -0.4 is 10.2 Å². The molecule has 4 aliphatic rings. The molecule has 0 radical (unpaired) electrons. The maximum atomic E-state index is 16.1. The summed E-state index contributed by atoms with van der Waals surface area (Å²) in [5.74, 6) is -4.09. The molecule has 1 saturated carbocycles. The number of likely N-dealkylation sites (tertiary alicyclic amines) is 1. The summed E-state index contributed by atoms with van der Waals surface area (Å²) in [5, 5.41) is 15.4. The van der Waals surface area contributed by atoms with E-state index in [2.05, 4.69) is 10.2 Å². The number of piperidine rings is 1. The van der Waals surface area contributed by atoms with E-state index in [0.717, 1.165) is 18.9 Å². The summed E-state index contributed by atoms with van der Waals surface area (Å²) in [5.41, 5.74) is -0.783. The summed E-state index contributed by atoms with van der Waals surface area (Å²) in [6, 6.07) is 12.9. The van der Waals surface area contributed by atoms with Gasteiger partial charge in [-0.15, -0.1) is 0 Å². The Bertz CT molecular complexity index is 1800. The predicted molar refractivity (Wildman–Crippen MR) is 171 cm³/mol. The lowest BCUT2D eigenvalue weighted by atomic mass is 9.70. The first-order valence-corrected chi connectivity index (χ1v) is 15.3. The van der Waals surface area contributed by atoms with Gasteiger partial charge >= 0.3 is 5.97 Å². The van der Waals surface area contributed by atoms with E-state index in [0.29, 0.717) is 35.2 Å². The van der Waals surface area contributed by atoms with Crippen molar-refractivity contribution in [2.45, 2.75) is 44.2 Å². The topological polar surface area (TPSA) is 122 Å². The zero-order chi connectivity index (χ0) is 31.8. The molecular weight excluding hydrogens is 638 g/mol. The number of rotatable bonds is 6.